The van der Waals surface area contributed by atoms with E-state index < -0.39 is 0 Å². The van der Waals surface area contributed by atoms with E-state index in [1.807, 2.05) is 12.1 Å². The quantitative estimate of drug-likeness (QED) is 0.676. The second-order valence-corrected chi connectivity index (χ2v) is 2.86. The Morgan fingerprint density at radius 1 is 1.42 bits per heavy atom. The van der Waals surface area contributed by atoms with Crippen LogP contribution in [0.25, 0.3) is 11.0 Å². The first-order valence-electron chi connectivity index (χ1n) is 3.52. The summed E-state index contributed by atoms with van der Waals surface area (Å²) in [5, 5.41) is 1.54. The number of benzene rings is 1. The van der Waals surface area contributed by atoms with Gasteiger partial charge in [0.05, 0.1) is 18.4 Å². The SMILES string of the molecule is COc1cc(Cl)c2occc2c1. The zero-order valence-corrected chi connectivity index (χ0v) is 7.26. The first-order valence-corrected chi connectivity index (χ1v) is 3.90. The molecule has 3 heteroatoms. The van der Waals surface area contributed by atoms with Crippen molar-refractivity contribution in [3.8, 4) is 5.75 Å². The van der Waals surface area contributed by atoms with Crippen LogP contribution in [0.15, 0.2) is 28.9 Å². The highest BCUT2D eigenvalue weighted by Crippen LogP contribution is 2.29. The lowest BCUT2D eigenvalue weighted by Crippen LogP contribution is -1.81. The van der Waals surface area contributed by atoms with Crippen molar-refractivity contribution in [2.24, 2.45) is 0 Å². The highest BCUT2D eigenvalue weighted by molar-refractivity contribution is 6.35. The van der Waals surface area contributed by atoms with Gasteiger partial charge in [0.15, 0.2) is 5.58 Å². The number of rotatable bonds is 1. The molecule has 1 heterocycles. The van der Waals surface area contributed by atoms with Gasteiger partial charge in [-0.1, -0.05) is 11.6 Å². The second-order valence-electron chi connectivity index (χ2n) is 2.45. The van der Waals surface area contributed by atoms with Crippen molar-refractivity contribution in [1.82, 2.24) is 0 Å². The largest absolute Gasteiger partial charge is 0.497 e. The molecule has 2 aromatic rings. The molecule has 0 aliphatic rings. The normalized spacial score (nSPS) is 10.5. The molecule has 0 atom stereocenters. The monoisotopic (exact) mass is 182 g/mol. The van der Waals surface area contributed by atoms with Gasteiger partial charge in [-0.3, -0.25) is 0 Å². The molecule has 0 radical (unpaired) electrons. The Labute approximate surface area is 74.7 Å². The van der Waals surface area contributed by atoms with E-state index in [1.54, 1.807) is 19.4 Å². The van der Waals surface area contributed by atoms with Gasteiger partial charge in [-0.05, 0) is 12.1 Å². The van der Waals surface area contributed by atoms with E-state index in [1.165, 1.54) is 0 Å². The molecule has 0 bridgehead atoms. The van der Waals surface area contributed by atoms with E-state index >= 15 is 0 Å². The average molecular weight is 183 g/mol. The predicted octanol–water partition coefficient (Wildman–Crippen LogP) is 3.09. The molecule has 1 aromatic heterocycles. The number of methoxy groups -OCH3 is 1. The second kappa shape index (κ2) is 2.72. The number of furan rings is 1. The van der Waals surface area contributed by atoms with Crippen LogP contribution in [-0.4, -0.2) is 7.11 Å². The summed E-state index contributed by atoms with van der Waals surface area (Å²) in [6.07, 6.45) is 1.61. The first-order chi connectivity index (χ1) is 5.81. The van der Waals surface area contributed by atoms with Gasteiger partial charge in [-0.2, -0.15) is 0 Å². The van der Waals surface area contributed by atoms with Crippen LogP contribution >= 0.6 is 11.6 Å². The van der Waals surface area contributed by atoms with Crippen molar-refractivity contribution in [3.05, 3.63) is 29.5 Å². The zero-order valence-electron chi connectivity index (χ0n) is 6.50. The van der Waals surface area contributed by atoms with Crippen molar-refractivity contribution < 1.29 is 9.15 Å². The van der Waals surface area contributed by atoms with Gasteiger partial charge in [0.2, 0.25) is 0 Å². The Kier molecular flexibility index (Phi) is 1.70. The summed E-state index contributed by atoms with van der Waals surface area (Å²) in [7, 11) is 1.61. The third-order valence-electron chi connectivity index (χ3n) is 1.72. The minimum absolute atomic E-state index is 0.578. The summed E-state index contributed by atoms with van der Waals surface area (Å²) in [4.78, 5) is 0. The van der Waals surface area contributed by atoms with Crippen LogP contribution in [0.2, 0.25) is 5.02 Å². The molecule has 12 heavy (non-hydrogen) atoms. The number of hydrogen-bond donors (Lipinski definition) is 0. The standard InChI is InChI=1S/C9H7ClO2/c1-11-7-4-6-2-3-12-9(6)8(10)5-7/h2-5H,1H3. The predicted molar refractivity (Wildman–Crippen MR) is 47.8 cm³/mol. The molecular formula is C9H7ClO2. The Morgan fingerprint density at radius 2 is 2.25 bits per heavy atom. The fourth-order valence-electron chi connectivity index (χ4n) is 1.13. The molecule has 0 fully saturated rings. The van der Waals surface area contributed by atoms with E-state index in [9.17, 15) is 0 Å². The molecule has 1 aromatic carbocycles. The van der Waals surface area contributed by atoms with Crippen LogP contribution in [0.5, 0.6) is 5.75 Å². The third kappa shape index (κ3) is 1.04. The fraction of sp³-hybridized carbons (Fsp3) is 0.111. The maximum Gasteiger partial charge on any atom is 0.152 e. The van der Waals surface area contributed by atoms with Crippen LogP contribution in [0.3, 0.4) is 0 Å². The highest BCUT2D eigenvalue weighted by Gasteiger charge is 2.04. The zero-order chi connectivity index (χ0) is 8.55. The van der Waals surface area contributed by atoms with E-state index in [0.29, 0.717) is 10.6 Å². The number of fused-ring (bicyclic) bond motifs is 1. The molecule has 0 aliphatic heterocycles. The van der Waals surface area contributed by atoms with Gasteiger partial charge in [-0.15, -0.1) is 0 Å². The van der Waals surface area contributed by atoms with Gasteiger partial charge in [0, 0.05) is 11.5 Å². The summed E-state index contributed by atoms with van der Waals surface area (Å²) in [6, 6.07) is 5.46. The van der Waals surface area contributed by atoms with Crippen LogP contribution in [0, 0.1) is 0 Å². The van der Waals surface area contributed by atoms with Gasteiger partial charge in [0.1, 0.15) is 5.75 Å². The van der Waals surface area contributed by atoms with E-state index in [-0.39, 0.29) is 0 Å². The summed E-state index contributed by atoms with van der Waals surface area (Å²) in [6.45, 7) is 0. The molecule has 2 nitrogen and oxygen atoms in total. The molecule has 2 rings (SSSR count). The van der Waals surface area contributed by atoms with E-state index in [2.05, 4.69) is 0 Å². The highest BCUT2D eigenvalue weighted by atomic mass is 35.5. The molecule has 62 valence electrons. The smallest absolute Gasteiger partial charge is 0.152 e. The Bertz CT molecular complexity index is 406. The number of hydrogen-bond acceptors (Lipinski definition) is 2. The van der Waals surface area contributed by atoms with Crippen molar-refractivity contribution in [3.63, 3.8) is 0 Å². The average Bonchev–Trinajstić information content (AvgIpc) is 2.52. The fourth-order valence-corrected chi connectivity index (χ4v) is 1.39. The maximum atomic E-state index is 5.91. The molecule has 0 saturated carbocycles. The Hall–Kier alpha value is -1.15. The molecular weight excluding hydrogens is 176 g/mol. The summed E-state index contributed by atoms with van der Waals surface area (Å²) >= 11 is 5.91. The van der Waals surface area contributed by atoms with Crippen molar-refractivity contribution in [2.75, 3.05) is 7.11 Å². The maximum absolute atomic E-state index is 5.91. The molecule has 0 unspecified atom stereocenters. The molecule has 0 amide bonds. The molecule has 0 N–H and O–H groups in total. The lowest BCUT2D eigenvalue weighted by Gasteiger charge is -1.99. The third-order valence-corrected chi connectivity index (χ3v) is 2.00. The van der Waals surface area contributed by atoms with Gasteiger partial charge in [-0.25, -0.2) is 0 Å². The Morgan fingerprint density at radius 3 is 3.00 bits per heavy atom. The summed E-state index contributed by atoms with van der Waals surface area (Å²) < 4.78 is 10.2. The van der Waals surface area contributed by atoms with Gasteiger partial charge in [0.25, 0.3) is 0 Å². The lowest BCUT2D eigenvalue weighted by molar-refractivity contribution is 0.415. The van der Waals surface area contributed by atoms with Crippen LogP contribution in [-0.2, 0) is 0 Å². The van der Waals surface area contributed by atoms with Crippen LogP contribution < -0.4 is 4.74 Å². The summed E-state index contributed by atoms with van der Waals surface area (Å²) in [5.74, 6) is 0.744. The minimum atomic E-state index is 0.578. The summed E-state index contributed by atoms with van der Waals surface area (Å²) in [5.41, 5.74) is 0.706. The van der Waals surface area contributed by atoms with E-state index in [4.69, 9.17) is 20.8 Å². The topological polar surface area (TPSA) is 22.4 Å². The van der Waals surface area contributed by atoms with Gasteiger partial charge < -0.3 is 9.15 Å². The molecule has 0 spiro atoms. The molecule has 0 aliphatic carbocycles. The van der Waals surface area contributed by atoms with Crippen LogP contribution in [0.1, 0.15) is 0 Å². The van der Waals surface area contributed by atoms with Crippen molar-refractivity contribution in [1.29, 1.82) is 0 Å². The minimum Gasteiger partial charge on any atom is -0.497 e. The van der Waals surface area contributed by atoms with Crippen molar-refractivity contribution >= 4 is 22.6 Å². The number of ether oxygens (including phenoxy) is 1. The lowest BCUT2D eigenvalue weighted by atomic mass is 10.2. The van der Waals surface area contributed by atoms with Crippen LogP contribution in [0.4, 0.5) is 0 Å². The number of halogens is 1. The van der Waals surface area contributed by atoms with Gasteiger partial charge >= 0.3 is 0 Å². The van der Waals surface area contributed by atoms with E-state index in [0.717, 1.165) is 11.1 Å². The first kappa shape index (κ1) is 7.50. The van der Waals surface area contributed by atoms with Crippen molar-refractivity contribution in [2.45, 2.75) is 0 Å². The Balaban J connectivity index is 2.75. The molecule has 0 saturated heterocycles.